The fourth-order valence-electron chi connectivity index (χ4n) is 0.545. The summed E-state index contributed by atoms with van der Waals surface area (Å²) in [5.74, 6) is -0.983. The molecule has 0 aliphatic heterocycles. The van der Waals surface area contributed by atoms with Crippen molar-refractivity contribution in [2.45, 2.75) is 18.7 Å². The number of aromatic carboxylic acids is 1. The standard InChI is InChI=1S/C6H5NO2S.C2H6/c8-6(9)4-1-5(10)3-7-2-4;1-2/h1-3,10H,(H,8,9);1-2H3. The molecule has 0 saturated carbocycles. The molecule has 0 spiro atoms. The zero-order chi connectivity index (χ0) is 9.56. The minimum atomic E-state index is -0.983. The molecule has 0 aliphatic carbocycles. The Morgan fingerprint density at radius 3 is 2.42 bits per heavy atom. The fraction of sp³-hybridized carbons (Fsp3) is 0.250. The van der Waals surface area contributed by atoms with Gasteiger partial charge in [-0.1, -0.05) is 13.8 Å². The van der Waals surface area contributed by atoms with Crippen LogP contribution in [0.3, 0.4) is 0 Å². The molecular weight excluding hydrogens is 174 g/mol. The SMILES string of the molecule is CC.O=C(O)c1cncc(S)c1. The van der Waals surface area contributed by atoms with Crippen molar-refractivity contribution < 1.29 is 9.90 Å². The Kier molecular flexibility index (Phi) is 5.12. The van der Waals surface area contributed by atoms with E-state index in [1.807, 2.05) is 13.8 Å². The van der Waals surface area contributed by atoms with Gasteiger partial charge in [0.1, 0.15) is 0 Å². The second-order valence-electron chi connectivity index (χ2n) is 1.74. The first kappa shape index (κ1) is 11.0. The number of pyridine rings is 1. The molecule has 0 aliphatic rings. The number of carboxylic acid groups (broad SMARTS) is 1. The third-order valence-corrected chi connectivity index (χ3v) is 1.22. The van der Waals surface area contributed by atoms with Crippen LogP contribution in [0.25, 0.3) is 0 Å². The molecule has 0 aromatic carbocycles. The van der Waals surface area contributed by atoms with Gasteiger partial charge in [0.15, 0.2) is 0 Å². The Labute approximate surface area is 76.9 Å². The maximum absolute atomic E-state index is 10.3. The minimum Gasteiger partial charge on any atom is -0.478 e. The van der Waals surface area contributed by atoms with E-state index in [1.54, 1.807) is 0 Å². The molecule has 66 valence electrons. The van der Waals surface area contributed by atoms with Crippen molar-refractivity contribution in [1.29, 1.82) is 0 Å². The van der Waals surface area contributed by atoms with E-state index in [-0.39, 0.29) is 5.56 Å². The first-order chi connectivity index (χ1) is 5.70. The molecule has 12 heavy (non-hydrogen) atoms. The summed E-state index contributed by atoms with van der Waals surface area (Å²) in [5.41, 5.74) is 0.160. The molecule has 0 bridgehead atoms. The highest BCUT2D eigenvalue weighted by molar-refractivity contribution is 7.80. The first-order valence-corrected chi connectivity index (χ1v) is 4.02. The second-order valence-corrected chi connectivity index (χ2v) is 2.25. The highest BCUT2D eigenvalue weighted by atomic mass is 32.1. The molecule has 0 saturated heterocycles. The van der Waals surface area contributed by atoms with Crippen LogP contribution in [0.2, 0.25) is 0 Å². The number of hydrogen-bond acceptors (Lipinski definition) is 3. The van der Waals surface area contributed by atoms with E-state index in [1.165, 1.54) is 18.5 Å². The van der Waals surface area contributed by atoms with Gasteiger partial charge in [0.05, 0.1) is 5.56 Å². The lowest BCUT2D eigenvalue weighted by atomic mass is 10.3. The van der Waals surface area contributed by atoms with Crippen LogP contribution in [-0.4, -0.2) is 16.1 Å². The van der Waals surface area contributed by atoms with Crippen LogP contribution in [0.1, 0.15) is 24.2 Å². The van der Waals surface area contributed by atoms with Crippen LogP contribution >= 0.6 is 12.6 Å². The molecule has 0 unspecified atom stereocenters. The van der Waals surface area contributed by atoms with Crippen molar-refractivity contribution in [1.82, 2.24) is 4.98 Å². The lowest BCUT2D eigenvalue weighted by Gasteiger charge is -1.92. The average molecular weight is 185 g/mol. The molecule has 3 nitrogen and oxygen atoms in total. The van der Waals surface area contributed by atoms with Crippen LogP contribution in [0.15, 0.2) is 23.4 Å². The van der Waals surface area contributed by atoms with Gasteiger partial charge in [0.2, 0.25) is 0 Å². The van der Waals surface area contributed by atoms with Crippen LogP contribution in [0, 0.1) is 0 Å². The minimum absolute atomic E-state index is 0.160. The average Bonchev–Trinajstić information content (AvgIpc) is 2.08. The molecule has 0 amide bonds. The quantitative estimate of drug-likeness (QED) is 0.659. The number of aromatic nitrogens is 1. The highest BCUT2D eigenvalue weighted by Crippen LogP contribution is 2.05. The predicted octanol–water partition coefficient (Wildman–Crippen LogP) is 2.09. The van der Waals surface area contributed by atoms with Crippen molar-refractivity contribution in [3.05, 3.63) is 24.0 Å². The molecule has 0 radical (unpaired) electrons. The fourth-order valence-corrected chi connectivity index (χ4v) is 0.751. The van der Waals surface area contributed by atoms with Gasteiger partial charge >= 0.3 is 5.97 Å². The maximum Gasteiger partial charge on any atom is 0.337 e. The molecule has 0 fully saturated rings. The monoisotopic (exact) mass is 185 g/mol. The summed E-state index contributed by atoms with van der Waals surface area (Å²) >= 11 is 3.92. The number of carbonyl (C=O) groups is 1. The van der Waals surface area contributed by atoms with E-state index < -0.39 is 5.97 Å². The smallest absolute Gasteiger partial charge is 0.337 e. The Hall–Kier alpha value is -1.03. The van der Waals surface area contributed by atoms with E-state index in [4.69, 9.17) is 5.11 Å². The number of rotatable bonds is 1. The summed E-state index contributed by atoms with van der Waals surface area (Å²) in [7, 11) is 0. The normalized spacial score (nSPS) is 8.25. The lowest BCUT2D eigenvalue weighted by Crippen LogP contribution is -1.96. The molecule has 1 aromatic heterocycles. The van der Waals surface area contributed by atoms with Gasteiger partial charge in [-0.2, -0.15) is 0 Å². The van der Waals surface area contributed by atoms with E-state index in [0.717, 1.165) is 0 Å². The first-order valence-electron chi connectivity index (χ1n) is 3.57. The number of thiol groups is 1. The summed E-state index contributed by atoms with van der Waals surface area (Å²) in [6.45, 7) is 4.00. The van der Waals surface area contributed by atoms with E-state index >= 15 is 0 Å². The van der Waals surface area contributed by atoms with Crippen molar-refractivity contribution >= 4 is 18.6 Å². The summed E-state index contributed by atoms with van der Waals surface area (Å²) in [5, 5.41) is 8.44. The molecule has 1 heterocycles. The van der Waals surface area contributed by atoms with Gasteiger partial charge in [-0.25, -0.2) is 4.79 Å². The summed E-state index contributed by atoms with van der Waals surface area (Å²) in [6, 6.07) is 1.44. The molecule has 0 atom stereocenters. The van der Waals surface area contributed by atoms with Crippen LogP contribution in [0.5, 0.6) is 0 Å². The maximum atomic E-state index is 10.3. The second kappa shape index (κ2) is 5.60. The number of carboxylic acids is 1. The topological polar surface area (TPSA) is 50.2 Å². The van der Waals surface area contributed by atoms with E-state index in [0.29, 0.717) is 4.90 Å². The zero-order valence-electron chi connectivity index (χ0n) is 6.98. The highest BCUT2D eigenvalue weighted by Gasteiger charge is 2.00. The Balaban J connectivity index is 0.000000561. The number of hydrogen-bond donors (Lipinski definition) is 2. The lowest BCUT2D eigenvalue weighted by molar-refractivity contribution is 0.0696. The Morgan fingerprint density at radius 1 is 1.50 bits per heavy atom. The van der Waals surface area contributed by atoms with Crippen LogP contribution < -0.4 is 0 Å². The number of nitrogens with zero attached hydrogens (tertiary/aromatic N) is 1. The molecule has 1 rings (SSSR count). The van der Waals surface area contributed by atoms with Gasteiger partial charge in [-0.05, 0) is 6.07 Å². The van der Waals surface area contributed by atoms with Gasteiger partial charge < -0.3 is 5.11 Å². The van der Waals surface area contributed by atoms with Crippen molar-refractivity contribution in [3.8, 4) is 0 Å². The van der Waals surface area contributed by atoms with Crippen molar-refractivity contribution in [3.63, 3.8) is 0 Å². The Morgan fingerprint density at radius 2 is 2.08 bits per heavy atom. The Bertz CT molecular complexity index is 263. The van der Waals surface area contributed by atoms with Gasteiger partial charge in [0, 0.05) is 17.3 Å². The van der Waals surface area contributed by atoms with E-state index in [2.05, 4.69) is 17.6 Å². The van der Waals surface area contributed by atoms with Gasteiger partial charge in [-0.3, -0.25) is 4.98 Å². The summed E-state index contributed by atoms with van der Waals surface area (Å²) in [6.07, 6.45) is 2.76. The van der Waals surface area contributed by atoms with Gasteiger partial charge in [-0.15, -0.1) is 12.6 Å². The molecule has 1 N–H and O–H groups in total. The van der Waals surface area contributed by atoms with Crippen LogP contribution in [0.4, 0.5) is 0 Å². The predicted molar refractivity (Wildman–Crippen MR) is 49.8 cm³/mol. The van der Waals surface area contributed by atoms with Crippen LogP contribution in [-0.2, 0) is 0 Å². The zero-order valence-corrected chi connectivity index (χ0v) is 7.88. The summed E-state index contributed by atoms with van der Waals surface area (Å²) < 4.78 is 0. The summed E-state index contributed by atoms with van der Waals surface area (Å²) in [4.78, 5) is 14.5. The molecular formula is C8H11NO2S. The van der Waals surface area contributed by atoms with Gasteiger partial charge in [0.25, 0.3) is 0 Å². The molecule has 1 aromatic rings. The molecule has 4 heteroatoms. The largest absolute Gasteiger partial charge is 0.478 e. The van der Waals surface area contributed by atoms with Crippen molar-refractivity contribution in [2.24, 2.45) is 0 Å². The van der Waals surface area contributed by atoms with E-state index in [9.17, 15) is 4.79 Å². The van der Waals surface area contributed by atoms with Crippen molar-refractivity contribution in [2.75, 3.05) is 0 Å². The third-order valence-electron chi connectivity index (χ3n) is 0.971. The third kappa shape index (κ3) is 3.39.